The number of aryl methyl sites for hydroxylation is 1. The second-order valence-corrected chi connectivity index (χ2v) is 2.96. The average Bonchev–Trinajstić information content (AvgIpc) is 2.25. The predicted octanol–water partition coefficient (Wildman–Crippen LogP) is 4.19. The molecule has 0 fully saturated rings. The zero-order chi connectivity index (χ0) is 11.7. The Morgan fingerprint density at radius 2 is 1.80 bits per heavy atom. The van der Waals surface area contributed by atoms with Crippen LogP contribution in [-0.4, -0.2) is 0 Å². The van der Waals surface area contributed by atoms with E-state index in [0.717, 1.165) is 11.3 Å². The number of allylic oxidation sites excluding steroid dienone is 3. The van der Waals surface area contributed by atoms with Gasteiger partial charge in [-0.1, -0.05) is 50.3 Å². The smallest absolute Gasteiger partial charge is 0.0390 e. The Kier molecular flexibility index (Phi) is 7.08. The lowest BCUT2D eigenvalue weighted by atomic mass is 10.1. The lowest BCUT2D eigenvalue weighted by molar-refractivity contribution is 1.44. The average molecular weight is 203 g/mol. The van der Waals surface area contributed by atoms with E-state index in [0.29, 0.717) is 0 Å². The van der Waals surface area contributed by atoms with Crippen LogP contribution < -0.4 is 5.73 Å². The lowest BCUT2D eigenvalue weighted by Gasteiger charge is -2.02. The normalized spacial score (nSPS) is 10.4. The molecular weight excluding hydrogens is 182 g/mol. The molecule has 1 aromatic rings. The molecule has 1 rings (SSSR count). The van der Waals surface area contributed by atoms with Crippen LogP contribution in [0.3, 0.4) is 0 Å². The molecule has 2 N–H and O–H groups in total. The highest BCUT2D eigenvalue weighted by Gasteiger charge is 1.96. The van der Waals surface area contributed by atoms with Crippen LogP contribution in [0.2, 0.25) is 0 Å². The summed E-state index contributed by atoms with van der Waals surface area (Å²) in [5.41, 5.74) is 8.98. The summed E-state index contributed by atoms with van der Waals surface area (Å²) in [5.74, 6) is 0. The van der Waals surface area contributed by atoms with Crippen LogP contribution in [0.5, 0.6) is 0 Å². The van der Waals surface area contributed by atoms with E-state index in [1.54, 1.807) is 0 Å². The van der Waals surface area contributed by atoms with Gasteiger partial charge in [0, 0.05) is 11.3 Å². The molecule has 0 saturated heterocycles. The van der Waals surface area contributed by atoms with Gasteiger partial charge in [0.15, 0.2) is 0 Å². The number of hydrogen-bond acceptors (Lipinski definition) is 1. The summed E-state index contributed by atoms with van der Waals surface area (Å²) in [7, 11) is 0. The molecule has 0 spiro atoms. The van der Waals surface area contributed by atoms with Gasteiger partial charge >= 0.3 is 0 Å². The molecule has 0 bridgehead atoms. The maximum absolute atomic E-state index is 5.83. The number of rotatable bonds is 2. The quantitative estimate of drug-likeness (QED) is 0.566. The maximum Gasteiger partial charge on any atom is 0.0390 e. The Hall–Kier alpha value is -1.50. The number of benzene rings is 1. The van der Waals surface area contributed by atoms with Gasteiger partial charge in [-0.15, -0.1) is 0 Å². The Labute approximate surface area is 93.3 Å². The van der Waals surface area contributed by atoms with Gasteiger partial charge in [0.1, 0.15) is 0 Å². The first-order valence-electron chi connectivity index (χ1n) is 5.40. The fraction of sp³-hybridized carbons (Fsp3) is 0.286. The first-order valence-corrected chi connectivity index (χ1v) is 5.40. The monoisotopic (exact) mass is 203 g/mol. The van der Waals surface area contributed by atoms with E-state index in [-0.39, 0.29) is 0 Å². The van der Waals surface area contributed by atoms with Crippen molar-refractivity contribution in [3.63, 3.8) is 0 Å². The third-order valence-electron chi connectivity index (χ3n) is 1.92. The molecule has 0 saturated carbocycles. The van der Waals surface area contributed by atoms with Gasteiger partial charge in [0.2, 0.25) is 0 Å². The second kappa shape index (κ2) is 7.86. The maximum atomic E-state index is 5.83. The second-order valence-electron chi connectivity index (χ2n) is 2.96. The van der Waals surface area contributed by atoms with E-state index in [1.165, 1.54) is 5.56 Å². The molecule has 0 atom stereocenters. The molecule has 1 heteroatoms. The van der Waals surface area contributed by atoms with Gasteiger partial charge in [-0.2, -0.15) is 0 Å². The Morgan fingerprint density at radius 1 is 1.13 bits per heavy atom. The van der Waals surface area contributed by atoms with Crippen molar-refractivity contribution < 1.29 is 0 Å². The van der Waals surface area contributed by atoms with Crippen molar-refractivity contribution in [2.24, 2.45) is 0 Å². The van der Waals surface area contributed by atoms with Crippen molar-refractivity contribution in [2.75, 3.05) is 5.73 Å². The minimum Gasteiger partial charge on any atom is -0.398 e. The molecule has 0 aliphatic rings. The zero-order valence-electron chi connectivity index (χ0n) is 10.1. The summed E-state index contributed by atoms with van der Waals surface area (Å²) >= 11 is 0. The first kappa shape index (κ1) is 13.5. The molecule has 0 heterocycles. The Balaban J connectivity index is 0.000000921. The lowest BCUT2D eigenvalue weighted by Crippen LogP contribution is -1.90. The topological polar surface area (TPSA) is 26.0 Å². The summed E-state index contributed by atoms with van der Waals surface area (Å²) in [6, 6.07) is 5.95. The fourth-order valence-electron chi connectivity index (χ4n) is 1.19. The highest BCUT2D eigenvalue weighted by Crippen LogP contribution is 2.17. The third-order valence-corrected chi connectivity index (χ3v) is 1.92. The van der Waals surface area contributed by atoms with E-state index >= 15 is 0 Å². The van der Waals surface area contributed by atoms with E-state index in [2.05, 4.69) is 13.0 Å². The molecule has 0 unspecified atom stereocenters. The van der Waals surface area contributed by atoms with Crippen molar-refractivity contribution >= 4 is 11.8 Å². The van der Waals surface area contributed by atoms with Crippen molar-refractivity contribution in [1.82, 2.24) is 0 Å². The van der Waals surface area contributed by atoms with Crippen molar-refractivity contribution in [3.05, 3.63) is 47.6 Å². The fourth-order valence-corrected chi connectivity index (χ4v) is 1.19. The van der Waals surface area contributed by atoms with E-state index in [4.69, 9.17) is 5.73 Å². The molecule has 82 valence electrons. The zero-order valence-corrected chi connectivity index (χ0v) is 10.1. The summed E-state index contributed by atoms with van der Waals surface area (Å²) in [6.45, 7) is 8.05. The standard InChI is InChI=1S/C12H15N.C2H6/c1-3-4-5-8-11-10(2)7-6-9-12(11)13;1-2/h3-9H,13H2,1-2H3;1-2H3/b4-3-,8-5-;. The first-order chi connectivity index (χ1) is 7.25. The van der Waals surface area contributed by atoms with E-state index in [9.17, 15) is 0 Å². The van der Waals surface area contributed by atoms with Gasteiger partial charge in [-0.25, -0.2) is 0 Å². The van der Waals surface area contributed by atoms with Crippen molar-refractivity contribution in [2.45, 2.75) is 27.7 Å². The minimum atomic E-state index is 0.834. The predicted molar refractivity (Wildman–Crippen MR) is 70.8 cm³/mol. The Morgan fingerprint density at radius 3 is 2.33 bits per heavy atom. The van der Waals surface area contributed by atoms with Crippen molar-refractivity contribution in [1.29, 1.82) is 0 Å². The Bertz CT molecular complexity index is 315. The highest BCUT2D eigenvalue weighted by atomic mass is 14.6. The van der Waals surface area contributed by atoms with Crippen LogP contribution in [0.25, 0.3) is 6.08 Å². The molecule has 0 amide bonds. The van der Waals surface area contributed by atoms with Gasteiger partial charge in [-0.3, -0.25) is 0 Å². The SMILES string of the molecule is C/C=C\C=C/c1c(C)cccc1N.CC. The summed E-state index contributed by atoms with van der Waals surface area (Å²) < 4.78 is 0. The number of nitrogen functional groups attached to an aromatic ring is 1. The molecule has 15 heavy (non-hydrogen) atoms. The van der Waals surface area contributed by atoms with Crippen LogP contribution in [-0.2, 0) is 0 Å². The van der Waals surface area contributed by atoms with Gasteiger partial charge in [0.05, 0.1) is 0 Å². The van der Waals surface area contributed by atoms with E-state index < -0.39 is 0 Å². The molecule has 0 aliphatic carbocycles. The number of anilines is 1. The molecule has 0 aromatic heterocycles. The summed E-state index contributed by atoms with van der Waals surface area (Å²) in [4.78, 5) is 0. The summed E-state index contributed by atoms with van der Waals surface area (Å²) in [5, 5.41) is 0. The molecule has 0 aliphatic heterocycles. The largest absolute Gasteiger partial charge is 0.398 e. The molecular formula is C14H21N. The number of hydrogen-bond donors (Lipinski definition) is 1. The van der Waals surface area contributed by atoms with E-state index in [1.807, 2.05) is 57.2 Å². The minimum absolute atomic E-state index is 0.834. The van der Waals surface area contributed by atoms with Gasteiger partial charge in [-0.05, 0) is 25.5 Å². The van der Waals surface area contributed by atoms with Gasteiger partial charge < -0.3 is 5.73 Å². The molecule has 0 radical (unpaired) electrons. The molecule has 1 aromatic carbocycles. The molecule has 1 nitrogen and oxygen atoms in total. The van der Waals surface area contributed by atoms with Crippen LogP contribution in [0.15, 0.2) is 36.4 Å². The van der Waals surface area contributed by atoms with Crippen LogP contribution >= 0.6 is 0 Å². The van der Waals surface area contributed by atoms with Crippen LogP contribution in [0.1, 0.15) is 31.9 Å². The van der Waals surface area contributed by atoms with Crippen LogP contribution in [0.4, 0.5) is 5.69 Å². The summed E-state index contributed by atoms with van der Waals surface area (Å²) in [6.07, 6.45) is 8.01. The number of nitrogens with two attached hydrogens (primary N) is 1. The van der Waals surface area contributed by atoms with Gasteiger partial charge in [0.25, 0.3) is 0 Å². The van der Waals surface area contributed by atoms with Crippen molar-refractivity contribution in [3.8, 4) is 0 Å². The van der Waals surface area contributed by atoms with Crippen LogP contribution in [0, 0.1) is 6.92 Å². The highest BCUT2D eigenvalue weighted by molar-refractivity contribution is 5.68. The third kappa shape index (κ3) is 4.50.